The average Bonchev–Trinajstić information content (AvgIpc) is 3.12. The van der Waals surface area contributed by atoms with Crippen molar-refractivity contribution in [1.29, 1.82) is 0 Å². The average molecular weight is 472 g/mol. The Morgan fingerprint density at radius 2 is 1.59 bits per heavy atom. The van der Waals surface area contributed by atoms with Crippen LogP contribution in [0.25, 0.3) is 11.0 Å². The van der Waals surface area contributed by atoms with Crippen molar-refractivity contribution < 1.29 is 0 Å². The largest absolute Gasteiger partial charge is 0.323 e. The van der Waals surface area contributed by atoms with E-state index in [1.54, 1.807) is 0 Å². The van der Waals surface area contributed by atoms with Crippen molar-refractivity contribution in [2.75, 3.05) is 13.1 Å². The van der Waals surface area contributed by atoms with Gasteiger partial charge in [-0.1, -0.05) is 53.6 Å². The fraction of sp³-hybridized carbons (Fsp3) is 0.367. The fourth-order valence-electron chi connectivity index (χ4n) is 5.21. The third-order valence-electron chi connectivity index (χ3n) is 7.36. The van der Waals surface area contributed by atoms with Crippen LogP contribution in [0.15, 0.2) is 60.7 Å². The minimum atomic E-state index is 0.678. The molecule has 0 atom stereocenters. The Morgan fingerprint density at radius 1 is 0.853 bits per heavy atom. The molecule has 3 nitrogen and oxygen atoms in total. The van der Waals surface area contributed by atoms with E-state index in [0.29, 0.717) is 5.92 Å². The number of aromatic nitrogens is 2. The summed E-state index contributed by atoms with van der Waals surface area (Å²) in [7, 11) is 0. The second-order valence-corrected chi connectivity index (χ2v) is 10.5. The second kappa shape index (κ2) is 9.93. The van der Waals surface area contributed by atoms with Gasteiger partial charge in [0, 0.05) is 24.5 Å². The van der Waals surface area contributed by atoms with E-state index in [4.69, 9.17) is 16.6 Å². The molecule has 0 N–H and O–H groups in total. The van der Waals surface area contributed by atoms with Gasteiger partial charge in [0.2, 0.25) is 0 Å². The van der Waals surface area contributed by atoms with Gasteiger partial charge in [-0.25, -0.2) is 4.98 Å². The predicted molar refractivity (Wildman–Crippen MR) is 143 cm³/mol. The molecule has 176 valence electrons. The number of aryl methyl sites for hydroxylation is 3. The topological polar surface area (TPSA) is 21.1 Å². The molecule has 1 aromatic heterocycles. The highest BCUT2D eigenvalue weighted by Crippen LogP contribution is 2.27. The molecule has 2 heterocycles. The van der Waals surface area contributed by atoms with Crippen molar-refractivity contribution >= 4 is 22.6 Å². The number of nitrogens with zero attached hydrogens (tertiary/aromatic N) is 3. The first-order chi connectivity index (χ1) is 16.4. The Hall–Kier alpha value is -2.62. The molecule has 0 amide bonds. The third-order valence-corrected chi connectivity index (χ3v) is 7.62. The molecule has 0 saturated carbocycles. The van der Waals surface area contributed by atoms with Crippen molar-refractivity contribution in [3.63, 3.8) is 0 Å². The van der Waals surface area contributed by atoms with Gasteiger partial charge in [0.1, 0.15) is 5.82 Å². The van der Waals surface area contributed by atoms with Crippen molar-refractivity contribution in [1.82, 2.24) is 14.5 Å². The molecule has 4 heteroatoms. The first-order valence-corrected chi connectivity index (χ1v) is 12.8. The zero-order valence-corrected chi connectivity index (χ0v) is 21.3. The van der Waals surface area contributed by atoms with Crippen LogP contribution < -0.4 is 0 Å². The van der Waals surface area contributed by atoms with Gasteiger partial charge in [0.05, 0.1) is 11.0 Å². The first kappa shape index (κ1) is 23.1. The summed E-state index contributed by atoms with van der Waals surface area (Å²) in [5.74, 6) is 1.89. The number of halogens is 1. The van der Waals surface area contributed by atoms with Crippen LogP contribution in [0.4, 0.5) is 0 Å². The van der Waals surface area contributed by atoms with Crippen LogP contribution in [0.1, 0.15) is 46.5 Å². The van der Waals surface area contributed by atoms with Gasteiger partial charge in [-0.2, -0.15) is 0 Å². The van der Waals surface area contributed by atoms with Crippen molar-refractivity contribution in [3.05, 3.63) is 99.3 Å². The SMILES string of the molecule is Cc1cccc(CN2CCC(Cc3nc4cc(C)c(C)cc4n3Cc3ccc(Cl)cc3)CC2)c1. The fourth-order valence-corrected chi connectivity index (χ4v) is 5.34. The van der Waals surface area contributed by atoms with Gasteiger partial charge in [-0.3, -0.25) is 4.90 Å². The lowest BCUT2D eigenvalue weighted by atomic mass is 9.93. The van der Waals surface area contributed by atoms with Crippen molar-refractivity contribution in [2.45, 2.75) is 53.1 Å². The number of benzene rings is 3. The Balaban J connectivity index is 1.33. The monoisotopic (exact) mass is 471 g/mol. The van der Waals surface area contributed by atoms with E-state index in [1.165, 1.54) is 52.0 Å². The van der Waals surface area contributed by atoms with Crippen LogP contribution in [0.5, 0.6) is 0 Å². The summed E-state index contributed by atoms with van der Waals surface area (Å²) in [4.78, 5) is 7.75. The summed E-state index contributed by atoms with van der Waals surface area (Å²) in [6.45, 7) is 10.8. The van der Waals surface area contributed by atoms with Crippen molar-refractivity contribution in [3.8, 4) is 0 Å². The smallest absolute Gasteiger partial charge is 0.110 e. The molecular weight excluding hydrogens is 438 g/mol. The molecule has 0 radical (unpaired) electrons. The number of rotatable bonds is 6. The van der Waals surface area contributed by atoms with E-state index in [1.807, 2.05) is 12.1 Å². The number of piperidine rings is 1. The van der Waals surface area contributed by atoms with Crippen LogP contribution in [0.2, 0.25) is 5.02 Å². The Bertz CT molecular complexity index is 1280. The summed E-state index contributed by atoms with van der Waals surface area (Å²) in [6, 6.07) is 21.7. The highest BCUT2D eigenvalue weighted by Gasteiger charge is 2.22. The lowest BCUT2D eigenvalue weighted by Crippen LogP contribution is -2.34. The maximum absolute atomic E-state index is 6.13. The number of likely N-dealkylation sites (tertiary alicyclic amines) is 1. The van der Waals surface area contributed by atoms with E-state index < -0.39 is 0 Å². The lowest BCUT2D eigenvalue weighted by Gasteiger charge is -2.32. The maximum Gasteiger partial charge on any atom is 0.110 e. The van der Waals surface area contributed by atoms with Gasteiger partial charge in [-0.15, -0.1) is 0 Å². The molecule has 0 aliphatic carbocycles. The molecular formula is C30H34ClN3. The third kappa shape index (κ3) is 5.21. The van der Waals surface area contributed by atoms with Crippen LogP contribution in [0, 0.1) is 26.7 Å². The van der Waals surface area contributed by atoms with E-state index in [0.717, 1.165) is 43.1 Å². The summed E-state index contributed by atoms with van der Waals surface area (Å²) in [6.07, 6.45) is 3.50. The zero-order chi connectivity index (χ0) is 23.7. The second-order valence-electron chi connectivity index (χ2n) is 10.1. The van der Waals surface area contributed by atoms with Crippen LogP contribution in [0.3, 0.4) is 0 Å². The molecule has 1 saturated heterocycles. The van der Waals surface area contributed by atoms with E-state index in [-0.39, 0.29) is 0 Å². The van der Waals surface area contributed by atoms with E-state index >= 15 is 0 Å². The molecule has 1 aliphatic rings. The molecule has 0 spiro atoms. The van der Waals surface area contributed by atoms with Gasteiger partial charge in [-0.05, 0) is 99.1 Å². The maximum atomic E-state index is 6.13. The highest BCUT2D eigenvalue weighted by molar-refractivity contribution is 6.30. The number of hydrogen-bond acceptors (Lipinski definition) is 2. The Labute approximate surface area is 208 Å². The first-order valence-electron chi connectivity index (χ1n) is 12.4. The zero-order valence-electron chi connectivity index (χ0n) is 20.5. The molecule has 34 heavy (non-hydrogen) atoms. The molecule has 0 bridgehead atoms. The Kier molecular flexibility index (Phi) is 6.76. The normalized spacial score (nSPS) is 15.3. The van der Waals surface area contributed by atoms with Crippen LogP contribution in [-0.4, -0.2) is 27.5 Å². The van der Waals surface area contributed by atoms with Gasteiger partial charge in [0.25, 0.3) is 0 Å². The van der Waals surface area contributed by atoms with Crippen LogP contribution >= 0.6 is 11.6 Å². The summed E-state index contributed by atoms with van der Waals surface area (Å²) < 4.78 is 2.43. The Morgan fingerprint density at radius 3 is 2.32 bits per heavy atom. The number of hydrogen-bond donors (Lipinski definition) is 0. The number of fused-ring (bicyclic) bond motifs is 1. The molecule has 4 aromatic rings. The molecule has 0 unspecified atom stereocenters. The summed E-state index contributed by atoms with van der Waals surface area (Å²) >= 11 is 6.13. The van der Waals surface area contributed by atoms with E-state index in [2.05, 4.69) is 78.8 Å². The number of imidazole rings is 1. The minimum Gasteiger partial charge on any atom is -0.323 e. The molecule has 3 aromatic carbocycles. The minimum absolute atomic E-state index is 0.678. The van der Waals surface area contributed by atoms with Crippen LogP contribution in [-0.2, 0) is 19.5 Å². The van der Waals surface area contributed by atoms with Gasteiger partial charge < -0.3 is 4.57 Å². The van der Waals surface area contributed by atoms with Crippen molar-refractivity contribution in [2.24, 2.45) is 5.92 Å². The highest BCUT2D eigenvalue weighted by atomic mass is 35.5. The molecule has 5 rings (SSSR count). The standard InChI is InChI=1S/C30H34ClN3/c1-21-5-4-6-26(15-21)19-33-13-11-24(12-14-33)18-30-32-28-16-22(2)23(3)17-29(28)34(30)20-25-7-9-27(31)10-8-25/h4-10,15-17,24H,11-14,18-20H2,1-3H3. The molecule has 1 aliphatic heterocycles. The lowest BCUT2D eigenvalue weighted by molar-refractivity contribution is 0.175. The summed E-state index contributed by atoms with van der Waals surface area (Å²) in [5, 5.41) is 0.781. The van der Waals surface area contributed by atoms with E-state index in [9.17, 15) is 0 Å². The predicted octanol–water partition coefficient (Wildman–Crippen LogP) is 7.12. The summed E-state index contributed by atoms with van der Waals surface area (Å²) in [5.41, 5.74) is 9.01. The quantitative estimate of drug-likeness (QED) is 0.298. The molecule has 1 fully saturated rings. The van der Waals surface area contributed by atoms with Gasteiger partial charge in [0.15, 0.2) is 0 Å². The van der Waals surface area contributed by atoms with Gasteiger partial charge >= 0.3 is 0 Å².